The summed E-state index contributed by atoms with van der Waals surface area (Å²) in [5.41, 5.74) is 8.48. The summed E-state index contributed by atoms with van der Waals surface area (Å²) >= 11 is 1.54. The average molecular weight is 346 g/mol. The maximum atomic E-state index is 12.8. The van der Waals surface area contributed by atoms with Gasteiger partial charge in [0, 0.05) is 10.9 Å². The quantitative estimate of drug-likeness (QED) is 0.885. The monoisotopic (exact) mass is 346 g/mol. The highest BCUT2D eigenvalue weighted by molar-refractivity contribution is 7.16. The molecule has 0 fully saturated rings. The van der Waals surface area contributed by atoms with E-state index in [0.29, 0.717) is 33.7 Å². The molecule has 0 radical (unpaired) electrons. The number of ether oxygens (including phenoxy) is 2. The zero-order valence-corrected chi connectivity index (χ0v) is 15.0. The second kappa shape index (κ2) is 6.73. The van der Waals surface area contributed by atoms with Crippen LogP contribution in [0.15, 0.2) is 18.2 Å². The lowest BCUT2D eigenvalue weighted by molar-refractivity contribution is 0.102. The van der Waals surface area contributed by atoms with E-state index in [-0.39, 0.29) is 5.91 Å². The Balaban J connectivity index is 1.89. The molecule has 5 nitrogen and oxygen atoms in total. The van der Waals surface area contributed by atoms with Crippen LogP contribution >= 0.6 is 11.3 Å². The van der Waals surface area contributed by atoms with Crippen molar-refractivity contribution in [3.05, 3.63) is 34.2 Å². The van der Waals surface area contributed by atoms with Crippen molar-refractivity contribution in [2.24, 2.45) is 5.92 Å². The lowest BCUT2D eigenvalue weighted by Gasteiger charge is -2.19. The van der Waals surface area contributed by atoms with Gasteiger partial charge < -0.3 is 20.5 Å². The van der Waals surface area contributed by atoms with Gasteiger partial charge in [-0.2, -0.15) is 0 Å². The van der Waals surface area contributed by atoms with Crippen molar-refractivity contribution in [1.82, 2.24) is 0 Å². The van der Waals surface area contributed by atoms with Crippen LogP contribution < -0.4 is 20.5 Å². The molecule has 1 aliphatic carbocycles. The summed E-state index contributed by atoms with van der Waals surface area (Å²) in [7, 11) is 3.15. The van der Waals surface area contributed by atoms with Crippen LogP contribution in [0.4, 0.5) is 10.7 Å². The van der Waals surface area contributed by atoms with Gasteiger partial charge >= 0.3 is 0 Å². The van der Waals surface area contributed by atoms with E-state index in [0.717, 1.165) is 24.8 Å². The van der Waals surface area contributed by atoms with Crippen molar-refractivity contribution in [3.63, 3.8) is 0 Å². The summed E-state index contributed by atoms with van der Waals surface area (Å²) in [5.74, 6) is 1.70. The highest BCUT2D eigenvalue weighted by Gasteiger charge is 2.26. The third kappa shape index (κ3) is 3.06. The fourth-order valence-electron chi connectivity index (χ4n) is 3.11. The van der Waals surface area contributed by atoms with E-state index >= 15 is 0 Å². The number of thiophene rings is 1. The van der Waals surface area contributed by atoms with Gasteiger partial charge in [-0.1, -0.05) is 6.92 Å². The second-order valence-electron chi connectivity index (χ2n) is 6.11. The molecule has 2 aromatic rings. The predicted molar refractivity (Wildman–Crippen MR) is 97.4 cm³/mol. The molecule has 0 unspecified atom stereocenters. The third-order valence-corrected chi connectivity index (χ3v) is 5.51. The molecular weight excluding hydrogens is 324 g/mol. The minimum absolute atomic E-state index is 0.178. The van der Waals surface area contributed by atoms with Crippen LogP contribution in [0.2, 0.25) is 0 Å². The molecule has 3 rings (SSSR count). The Hall–Kier alpha value is -2.21. The summed E-state index contributed by atoms with van der Waals surface area (Å²) in [6.45, 7) is 2.24. The number of fused-ring (bicyclic) bond motifs is 1. The average Bonchev–Trinajstić information content (AvgIpc) is 2.89. The van der Waals surface area contributed by atoms with Crippen LogP contribution in [0, 0.1) is 5.92 Å². The summed E-state index contributed by atoms with van der Waals surface area (Å²) in [4.78, 5) is 14.0. The highest BCUT2D eigenvalue weighted by atomic mass is 32.1. The first-order valence-electron chi connectivity index (χ1n) is 7.96. The zero-order valence-electron chi connectivity index (χ0n) is 14.1. The van der Waals surface area contributed by atoms with E-state index in [4.69, 9.17) is 15.2 Å². The number of rotatable bonds is 4. The number of hydrogen-bond acceptors (Lipinski definition) is 5. The molecule has 1 aromatic carbocycles. The predicted octanol–water partition coefficient (Wildman–Crippen LogP) is 3.72. The standard InChI is InChI=1S/C18H22N2O3S/c1-10-4-6-12-15(8-10)24-17(19)16(12)18(21)20-13-7-5-11(22-2)9-14(13)23-3/h5,7,9-10H,4,6,8,19H2,1-3H3,(H,20,21)/t10-/m0/s1. The number of methoxy groups -OCH3 is 2. The van der Waals surface area contributed by atoms with Gasteiger partial charge in [0.1, 0.15) is 11.5 Å². The minimum atomic E-state index is -0.178. The van der Waals surface area contributed by atoms with Gasteiger partial charge in [-0.25, -0.2) is 0 Å². The summed E-state index contributed by atoms with van der Waals surface area (Å²) in [5, 5.41) is 3.52. The number of carbonyl (C=O) groups excluding carboxylic acids is 1. The number of carbonyl (C=O) groups is 1. The SMILES string of the molecule is COc1ccc(NC(=O)c2c(N)sc3c2CC[C@H](C)C3)c(OC)c1. The molecule has 1 heterocycles. The number of hydrogen-bond donors (Lipinski definition) is 2. The lowest BCUT2D eigenvalue weighted by Crippen LogP contribution is -2.17. The first kappa shape index (κ1) is 16.6. The summed E-state index contributed by atoms with van der Waals surface area (Å²) in [6, 6.07) is 5.29. The maximum absolute atomic E-state index is 12.8. The number of nitrogens with two attached hydrogens (primary N) is 1. The smallest absolute Gasteiger partial charge is 0.259 e. The van der Waals surface area contributed by atoms with E-state index in [9.17, 15) is 4.79 Å². The van der Waals surface area contributed by atoms with Gasteiger partial charge in [0.25, 0.3) is 5.91 Å². The molecule has 1 aromatic heterocycles. The molecule has 0 spiro atoms. The van der Waals surface area contributed by atoms with Crippen molar-refractivity contribution in [2.75, 3.05) is 25.3 Å². The van der Waals surface area contributed by atoms with Crippen LogP contribution in [0.5, 0.6) is 11.5 Å². The van der Waals surface area contributed by atoms with Crippen LogP contribution in [-0.2, 0) is 12.8 Å². The Morgan fingerprint density at radius 1 is 1.33 bits per heavy atom. The van der Waals surface area contributed by atoms with Crippen molar-refractivity contribution in [1.29, 1.82) is 0 Å². The number of benzene rings is 1. The number of nitrogen functional groups attached to an aromatic ring is 1. The van der Waals surface area contributed by atoms with Crippen molar-refractivity contribution >= 4 is 27.9 Å². The van der Waals surface area contributed by atoms with E-state index in [1.807, 2.05) is 0 Å². The minimum Gasteiger partial charge on any atom is -0.497 e. The molecule has 0 saturated carbocycles. The molecule has 0 saturated heterocycles. The number of amides is 1. The molecule has 3 N–H and O–H groups in total. The van der Waals surface area contributed by atoms with Crippen LogP contribution in [0.1, 0.15) is 34.1 Å². The Labute approximate surface area is 145 Å². The molecule has 0 aliphatic heterocycles. The van der Waals surface area contributed by atoms with Gasteiger partial charge in [0.05, 0.1) is 30.5 Å². The highest BCUT2D eigenvalue weighted by Crippen LogP contribution is 2.39. The second-order valence-corrected chi connectivity index (χ2v) is 7.25. The van der Waals surface area contributed by atoms with E-state index in [1.165, 1.54) is 4.88 Å². The Morgan fingerprint density at radius 3 is 2.83 bits per heavy atom. The van der Waals surface area contributed by atoms with Crippen molar-refractivity contribution in [2.45, 2.75) is 26.2 Å². The third-order valence-electron chi connectivity index (χ3n) is 4.42. The van der Waals surface area contributed by atoms with E-state index < -0.39 is 0 Å². The van der Waals surface area contributed by atoms with Gasteiger partial charge in [-0.05, 0) is 42.9 Å². The van der Waals surface area contributed by atoms with Crippen molar-refractivity contribution < 1.29 is 14.3 Å². The summed E-state index contributed by atoms with van der Waals surface area (Å²) < 4.78 is 10.5. The zero-order chi connectivity index (χ0) is 17.3. The molecule has 0 bridgehead atoms. The Kier molecular flexibility index (Phi) is 4.66. The lowest BCUT2D eigenvalue weighted by atomic mass is 9.88. The molecule has 128 valence electrons. The van der Waals surface area contributed by atoms with E-state index in [2.05, 4.69) is 12.2 Å². The van der Waals surface area contributed by atoms with Crippen LogP contribution in [-0.4, -0.2) is 20.1 Å². The molecular formula is C18H22N2O3S. The maximum Gasteiger partial charge on any atom is 0.259 e. The van der Waals surface area contributed by atoms with Crippen molar-refractivity contribution in [3.8, 4) is 11.5 Å². The molecule has 24 heavy (non-hydrogen) atoms. The number of anilines is 2. The van der Waals surface area contributed by atoms with Crippen LogP contribution in [0.25, 0.3) is 0 Å². The van der Waals surface area contributed by atoms with Gasteiger partial charge in [0.15, 0.2) is 0 Å². The molecule has 1 aliphatic rings. The van der Waals surface area contributed by atoms with Gasteiger partial charge in [-0.3, -0.25) is 4.79 Å². The van der Waals surface area contributed by atoms with Gasteiger partial charge in [-0.15, -0.1) is 11.3 Å². The topological polar surface area (TPSA) is 73.6 Å². The van der Waals surface area contributed by atoms with Gasteiger partial charge in [0.2, 0.25) is 0 Å². The number of nitrogens with one attached hydrogen (secondary N) is 1. The normalized spacial score (nSPS) is 16.4. The largest absolute Gasteiger partial charge is 0.497 e. The Morgan fingerprint density at radius 2 is 2.12 bits per heavy atom. The van der Waals surface area contributed by atoms with Crippen LogP contribution in [0.3, 0.4) is 0 Å². The Bertz CT molecular complexity index is 770. The fraction of sp³-hybridized carbons (Fsp3) is 0.389. The molecule has 6 heteroatoms. The first-order valence-corrected chi connectivity index (χ1v) is 8.78. The summed E-state index contributed by atoms with van der Waals surface area (Å²) in [6.07, 6.45) is 3.01. The fourth-order valence-corrected chi connectivity index (χ4v) is 4.39. The molecule has 1 atom stereocenters. The first-order chi connectivity index (χ1) is 11.5. The molecule has 1 amide bonds. The van der Waals surface area contributed by atoms with E-state index in [1.54, 1.807) is 43.8 Å².